The van der Waals surface area contributed by atoms with Gasteiger partial charge in [0.2, 0.25) is 0 Å². The molecule has 0 saturated carbocycles. The number of hydrogen-bond acceptors (Lipinski definition) is 2. The van der Waals surface area contributed by atoms with Crippen molar-refractivity contribution < 1.29 is 4.79 Å². The molecular formula is C25H23ClN2O. The van der Waals surface area contributed by atoms with E-state index in [9.17, 15) is 4.79 Å². The van der Waals surface area contributed by atoms with E-state index >= 15 is 0 Å². The fourth-order valence-electron chi connectivity index (χ4n) is 3.72. The number of Topliss-reactive ketones (excluding diaryl/α,β-unsaturated/α-hetero) is 1. The van der Waals surface area contributed by atoms with Crippen LogP contribution in [0.3, 0.4) is 0 Å². The molecule has 2 N–H and O–H groups in total. The van der Waals surface area contributed by atoms with Crippen molar-refractivity contribution in [2.24, 2.45) is 0 Å². The fourth-order valence-corrected chi connectivity index (χ4v) is 3.84. The largest absolute Gasteiger partial charge is 0.360 e. The van der Waals surface area contributed by atoms with Crippen molar-refractivity contribution in [1.29, 1.82) is 0 Å². The molecule has 0 aliphatic rings. The number of aromatic amines is 1. The first-order valence-electron chi connectivity index (χ1n) is 9.77. The molecule has 0 saturated heterocycles. The molecule has 0 radical (unpaired) electrons. The Morgan fingerprint density at radius 3 is 2.41 bits per heavy atom. The predicted octanol–water partition coefficient (Wildman–Crippen LogP) is 5.97. The summed E-state index contributed by atoms with van der Waals surface area (Å²) >= 11 is 6.00. The molecule has 1 heterocycles. The van der Waals surface area contributed by atoms with Gasteiger partial charge in [0.25, 0.3) is 0 Å². The van der Waals surface area contributed by atoms with Crippen molar-refractivity contribution in [3.63, 3.8) is 0 Å². The topological polar surface area (TPSA) is 44.9 Å². The van der Waals surface area contributed by atoms with Crippen molar-refractivity contribution in [1.82, 2.24) is 10.3 Å². The molecule has 0 fully saturated rings. The molecule has 3 aromatic carbocycles. The standard InChI is InChI=1S/C25H23ClN2O/c1-17(15-18-11-13-20(26)14-12-18)28-24(19-7-3-2-4-8-19)25(29)22-16-27-23-10-6-5-9-21(22)23/h2-14,16-17,24,27-28H,15H2,1H3/t17-,24?/m1/s1. The summed E-state index contributed by atoms with van der Waals surface area (Å²) in [4.78, 5) is 16.8. The first kappa shape index (κ1) is 19.4. The van der Waals surface area contributed by atoms with Crippen LogP contribution in [0.1, 0.15) is 34.5 Å². The molecule has 29 heavy (non-hydrogen) atoms. The van der Waals surface area contributed by atoms with E-state index in [1.807, 2.05) is 85.1 Å². The molecule has 1 aromatic heterocycles. The summed E-state index contributed by atoms with van der Waals surface area (Å²) in [5.74, 6) is 0.0663. The lowest BCUT2D eigenvalue weighted by Crippen LogP contribution is -2.36. The number of ketones is 1. The third-order valence-corrected chi connectivity index (χ3v) is 5.41. The van der Waals surface area contributed by atoms with Crippen molar-refractivity contribution in [2.45, 2.75) is 25.4 Å². The van der Waals surface area contributed by atoms with E-state index in [-0.39, 0.29) is 11.8 Å². The van der Waals surface area contributed by atoms with Gasteiger partial charge in [-0.25, -0.2) is 0 Å². The number of nitrogens with one attached hydrogen (secondary N) is 2. The Morgan fingerprint density at radius 1 is 0.966 bits per heavy atom. The van der Waals surface area contributed by atoms with Gasteiger partial charge in [0.15, 0.2) is 5.78 Å². The number of carbonyl (C=O) groups is 1. The van der Waals surface area contributed by atoms with E-state index in [2.05, 4.69) is 17.2 Å². The second-order valence-electron chi connectivity index (χ2n) is 7.35. The maximum atomic E-state index is 13.6. The minimum absolute atomic E-state index is 0.0663. The van der Waals surface area contributed by atoms with Crippen LogP contribution in [0.15, 0.2) is 85.1 Å². The van der Waals surface area contributed by atoms with Gasteiger partial charge in [-0.15, -0.1) is 0 Å². The monoisotopic (exact) mass is 402 g/mol. The second kappa shape index (κ2) is 8.64. The summed E-state index contributed by atoms with van der Waals surface area (Å²) in [7, 11) is 0. The molecule has 4 rings (SSSR count). The Morgan fingerprint density at radius 2 is 1.66 bits per heavy atom. The number of aromatic nitrogens is 1. The lowest BCUT2D eigenvalue weighted by Gasteiger charge is -2.23. The van der Waals surface area contributed by atoms with Crippen LogP contribution in [-0.2, 0) is 6.42 Å². The molecule has 0 aliphatic carbocycles. The summed E-state index contributed by atoms with van der Waals surface area (Å²) in [6, 6.07) is 25.3. The summed E-state index contributed by atoms with van der Waals surface area (Å²) in [6.45, 7) is 2.10. The van der Waals surface area contributed by atoms with E-state index in [0.717, 1.165) is 27.9 Å². The number of benzene rings is 3. The van der Waals surface area contributed by atoms with Gasteiger partial charge in [-0.3, -0.25) is 4.79 Å². The van der Waals surface area contributed by atoms with Gasteiger partial charge in [-0.05, 0) is 42.7 Å². The van der Waals surface area contributed by atoms with Crippen LogP contribution in [0.4, 0.5) is 0 Å². The summed E-state index contributed by atoms with van der Waals surface area (Å²) < 4.78 is 0. The highest BCUT2D eigenvalue weighted by Crippen LogP contribution is 2.25. The lowest BCUT2D eigenvalue weighted by atomic mass is 9.95. The van der Waals surface area contributed by atoms with Gasteiger partial charge < -0.3 is 10.3 Å². The Kier molecular flexibility index (Phi) is 5.79. The van der Waals surface area contributed by atoms with E-state index in [1.54, 1.807) is 0 Å². The van der Waals surface area contributed by atoms with Crippen LogP contribution in [0.25, 0.3) is 10.9 Å². The van der Waals surface area contributed by atoms with Crippen molar-refractivity contribution in [3.05, 3.63) is 107 Å². The smallest absolute Gasteiger partial charge is 0.186 e. The molecule has 0 bridgehead atoms. The summed E-state index contributed by atoms with van der Waals surface area (Å²) in [5.41, 5.74) is 3.82. The number of rotatable bonds is 7. The predicted molar refractivity (Wildman–Crippen MR) is 120 cm³/mol. The van der Waals surface area contributed by atoms with Crippen molar-refractivity contribution >= 4 is 28.3 Å². The fraction of sp³-hybridized carbons (Fsp3) is 0.160. The third kappa shape index (κ3) is 4.42. The van der Waals surface area contributed by atoms with Crippen molar-refractivity contribution in [3.8, 4) is 0 Å². The number of carbonyl (C=O) groups excluding carboxylic acids is 1. The molecule has 2 atom stereocenters. The molecule has 0 spiro atoms. The average molecular weight is 403 g/mol. The van der Waals surface area contributed by atoms with Crippen LogP contribution in [-0.4, -0.2) is 16.8 Å². The van der Waals surface area contributed by atoms with E-state index < -0.39 is 6.04 Å². The van der Waals surface area contributed by atoms with Gasteiger partial charge in [0, 0.05) is 33.7 Å². The number of para-hydroxylation sites is 1. The number of hydrogen-bond donors (Lipinski definition) is 2. The summed E-state index contributed by atoms with van der Waals surface area (Å²) in [5, 5.41) is 5.23. The van der Waals surface area contributed by atoms with Gasteiger partial charge in [-0.1, -0.05) is 72.3 Å². The zero-order valence-electron chi connectivity index (χ0n) is 16.2. The molecule has 0 aliphatic heterocycles. The highest BCUT2D eigenvalue weighted by Gasteiger charge is 2.25. The third-order valence-electron chi connectivity index (χ3n) is 5.16. The van der Waals surface area contributed by atoms with Gasteiger partial charge in [0.1, 0.15) is 0 Å². The molecule has 146 valence electrons. The molecular weight excluding hydrogens is 380 g/mol. The number of fused-ring (bicyclic) bond motifs is 1. The quantitative estimate of drug-likeness (QED) is 0.374. The first-order chi connectivity index (χ1) is 14.1. The number of halogens is 1. The van der Waals surface area contributed by atoms with E-state index in [0.29, 0.717) is 5.56 Å². The summed E-state index contributed by atoms with van der Waals surface area (Å²) in [6.07, 6.45) is 2.62. The minimum atomic E-state index is -0.419. The molecule has 4 heteroatoms. The molecule has 1 unspecified atom stereocenters. The second-order valence-corrected chi connectivity index (χ2v) is 7.79. The minimum Gasteiger partial charge on any atom is -0.360 e. The Bertz CT molecular complexity index is 1100. The molecule has 3 nitrogen and oxygen atoms in total. The maximum Gasteiger partial charge on any atom is 0.186 e. The Labute approximate surface area is 175 Å². The Hall–Kier alpha value is -2.88. The highest BCUT2D eigenvalue weighted by atomic mass is 35.5. The first-order valence-corrected chi connectivity index (χ1v) is 10.2. The normalized spacial score (nSPS) is 13.3. The van der Waals surface area contributed by atoms with E-state index in [4.69, 9.17) is 11.6 Å². The van der Waals surface area contributed by atoms with Gasteiger partial charge in [-0.2, -0.15) is 0 Å². The van der Waals surface area contributed by atoms with Crippen LogP contribution in [0.2, 0.25) is 5.02 Å². The van der Waals surface area contributed by atoms with Gasteiger partial charge >= 0.3 is 0 Å². The maximum absolute atomic E-state index is 13.6. The Balaban J connectivity index is 1.61. The average Bonchev–Trinajstić information content (AvgIpc) is 3.18. The van der Waals surface area contributed by atoms with Crippen molar-refractivity contribution in [2.75, 3.05) is 0 Å². The number of H-pyrrole nitrogens is 1. The van der Waals surface area contributed by atoms with Crippen LogP contribution >= 0.6 is 11.6 Å². The molecule has 4 aromatic rings. The zero-order chi connectivity index (χ0) is 20.2. The van der Waals surface area contributed by atoms with Gasteiger partial charge in [0.05, 0.1) is 6.04 Å². The van der Waals surface area contributed by atoms with Crippen LogP contribution in [0.5, 0.6) is 0 Å². The van der Waals surface area contributed by atoms with E-state index in [1.165, 1.54) is 5.56 Å². The molecule has 0 amide bonds. The SMILES string of the molecule is C[C@H](Cc1ccc(Cl)cc1)NC(C(=O)c1c[nH]c2ccccc12)c1ccccc1. The zero-order valence-corrected chi connectivity index (χ0v) is 17.0. The lowest BCUT2D eigenvalue weighted by molar-refractivity contribution is 0.0938. The van der Waals surface area contributed by atoms with Crippen LogP contribution in [0, 0.1) is 0 Å². The highest BCUT2D eigenvalue weighted by molar-refractivity contribution is 6.30. The van der Waals surface area contributed by atoms with Crippen LogP contribution < -0.4 is 5.32 Å².